The van der Waals surface area contributed by atoms with E-state index in [-0.39, 0.29) is 6.04 Å². The van der Waals surface area contributed by atoms with Gasteiger partial charge in [-0.25, -0.2) is 4.79 Å². The third-order valence-corrected chi connectivity index (χ3v) is 3.99. The van der Waals surface area contributed by atoms with Crippen LogP contribution in [0.15, 0.2) is 24.3 Å². The Hall–Kier alpha value is -2.20. The first-order chi connectivity index (χ1) is 11.4. The van der Waals surface area contributed by atoms with Gasteiger partial charge in [0.1, 0.15) is 0 Å². The Morgan fingerprint density at radius 2 is 2.00 bits per heavy atom. The van der Waals surface area contributed by atoms with Crippen LogP contribution >= 0.6 is 0 Å². The molecular weight excluding hydrogens is 319 g/mol. The minimum atomic E-state index is -4.33. The maximum atomic E-state index is 12.5. The molecule has 1 fully saturated rings. The first kappa shape index (κ1) is 18.1. The molecule has 1 aliphatic heterocycles. The van der Waals surface area contributed by atoms with Gasteiger partial charge in [0.15, 0.2) is 0 Å². The van der Waals surface area contributed by atoms with E-state index in [1.54, 1.807) is 0 Å². The fraction of sp³-hybridized carbons (Fsp3) is 0.471. The monoisotopic (exact) mass is 339 g/mol. The van der Waals surface area contributed by atoms with Gasteiger partial charge in [0.25, 0.3) is 0 Å². The van der Waals surface area contributed by atoms with Gasteiger partial charge in [-0.2, -0.15) is 13.2 Å². The summed E-state index contributed by atoms with van der Waals surface area (Å²) in [6.07, 6.45) is -1.22. The van der Waals surface area contributed by atoms with Gasteiger partial charge in [0.05, 0.1) is 12.1 Å². The number of hydrogen-bond donors (Lipinski definition) is 2. The summed E-state index contributed by atoms with van der Waals surface area (Å²) in [5, 5.41) is 2.62. The number of rotatable bonds is 3. The van der Waals surface area contributed by atoms with Crippen molar-refractivity contribution in [2.45, 2.75) is 31.5 Å². The minimum absolute atomic E-state index is 0.188. The zero-order valence-electron chi connectivity index (χ0n) is 13.2. The summed E-state index contributed by atoms with van der Waals surface area (Å²) in [6.45, 7) is 1.87. The molecule has 0 aromatic heterocycles. The lowest BCUT2D eigenvalue weighted by Gasteiger charge is -2.34. The second-order valence-corrected chi connectivity index (χ2v) is 5.74. The average Bonchev–Trinajstić information content (AvgIpc) is 2.53. The lowest BCUT2D eigenvalue weighted by atomic mass is 10.0. The number of primary amides is 1. The summed E-state index contributed by atoms with van der Waals surface area (Å²) in [5.41, 5.74) is 4.97. The van der Waals surface area contributed by atoms with Crippen LogP contribution in [-0.2, 0) is 6.18 Å². The fourth-order valence-electron chi connectivity index (χ4n) is 2.70. The molecule has 2 rings (SSSR count). The van der Waals surface area contributed by atoms with E-state index >= 15 is 0 Å². The van der Waals surface area contributed by atoms with Crippen molar-refractivity contribution in [1.29, 1.82) is 0 Å². The van der Waals surface area contributed by atoms with Crippen LogP contribution in [0, 0.1) is 11.8 Å². The first-order valence-corrected chi connectivity index (χ1v) is 7.80. The number of carbonyl (C=O) groups is 1. The summed E-state index contributed by atoms with van der Waals surface area (Å²) in [4.78, 5) is 13.0. The van der Waals surface area contributed by atoms with Crippen LogP contribution in [0.3, 0.4) is 0 Å². The molecule has 1 heterocycles. The normalized spacial score (nSPS) is 18.5. The van der Waals surface area contributed by atoms with Crippen molar-refractivity contribution in [3.63, 3.8) is 0 Å². The van der Waals surface area contributed by atoms with E-state index in [4.69, 9.17) is 5.73 Å². The minimum Gasteiger partial charge on any atom is -0.352 e. The molecule has 0 spiro atoms. The molecule has 0 bridgehead atoms. The first-order valence-electron chi connectivity index (χ1n) is 7.80. The molecule has 0 saturated carbocycles. The third-order valence-electron chi connectivity index (χ3n) is 3.99. The van der Waals surface area contributed by atoms with E-state index in [2.05, 4.69) is 22.1 Å². The van der Waals surface area contributed by atoms with Crippen LogP contribution in [0.25, 0.3) is 0 Å². The molecule has 130 valence electrons. The summed E-state index contributed by atoms with van der Waals surface area (Å²) in [7, 11) is 0. The van der Waals surface area contributed by atoms with Crippen LogP contribution in [0.4, 0.5) is 18.0 Å². The molecule has 3 N–H and O–H groups in total. The van der Waals surface area contributed by atoms with E-state index in [1.807, 2.05) is 0 Å². The predicted molar refractivity (Wildman–Crippen MR) is 85.1 cm³/mol. The number of likely N-dealkylation sites (tertiary alicyclic amines) is 1. The standard InChI is InChI=1S/C17H20F3N3O/c18-17(19,20)14-8-6-13(7-9-14)4-3-11-23-10-2-1-5-15(23)12-22-16(21)24/h6-9,15H,1-2,5,10-12H2,(H3,21,22,24)/t15-/m0/s1. The van der Waals surface area contributed by atoms with Crippen LogP contribution in [-0.4, -0.2) is 36.6 Å². The van der Waals surface area contributed by atoms with Crippen molar-refractivity contribution in [2.24, 2.45) is 5.73 Å². The number of nitrogens with zero attached hydrogens (tertiary/aromatic N) is 1. The smallest absolute Gasteiger partial charge is 0.352 e. The summed E-state index contributed by atoms with van der Waals surface area (Å²) >= 11 is 0. The van der Waals surface area contributed by atoms with Gasteiger partial charge in [-0.3, -0.25) is 4.90 Å². The molecule has 0 unspecified atom stereocenters. The zero-order valence-corrected chi connectivity index (χ0v) is 13.2. The Kier molecular flexibility index (Phi) is 6.10. The van der Waals surface area contributed by atoms with Crippen molar-refractivity contribution in [1.82, 2.24) is 10.2 Å². The Bertz CT molecular complexity index is 617. The van der Waals surface area contributed by atoms with Crippen molar-refractivity contribution in [3.8, 4) is 11.8 Å². The molecule has 1 aromatic rings. The molecule has 4 nitrogen and oxygen atoms in total. The quantitative estimate of drug-likeness (QED) is 0.832. The number of nitrogens with one attached hydrogen (secondary N) is 1. The second kappa shape index (κ2) is 8.06. The number of alkyl halides is 3. The number of halogens is 3. The van der Waals surface area contributed by atoms with Crippen molar-refractivity contribution in [2.75, 3.05) is 19.6 Å². The Balaban J connectivity index is 1.94. The maximum absolute atomic E-state index is 12.5. The van der Waals surface area contributed by atoms with Gasteiger partial charge < -0.3 is 11.1 Å². The highest BCUT2D eigenvalue weighted by atomic mass is 19.4. The molecule has 1 saturated heterocycles. The molecule has 2 amide bonds. The molecule has 0 aliphatic carbocycles. The van der Waals surface area contributed by atoms with Gasteiger partial charge in [-0.1, -0.05) is 18.3 Å². The molecule has 24 heavy (non-hydrogen) atoms. The lowest BCUT2D eigenvalue weighted by molar-refractivity contribution is -0.137. The molecule has 0 radical (unpaired) electrons. The number of nitrogens with two attached hydrogens (primary N) is 1. The highest BCUT2D eigenvalue weighted by Gasteiger charge is 2.29. The predicted octanol–water partition coefficient (Wildman–Crippen LogP) is 2.58. The second-order valence-electron chi connectivity index (χ2n) is 5.74. The van der Waals surface area contributed by atoms with E-state index < -0.39 is 17.8 Å². The Morgan fingerprint density at radius 1 is 1.29 bits per heavy atom. The molecule has 1 aliphatic rings. The van der Waals surface area contributed by atoms with Gasteiger partial charge in [-0.15, -0.1) is 0 Å². The number of urea groups is 1. The van der Waals surface area contributed by atoms with E-state index in [1.165, 1.54) is 12.1 Å². The van der Waals surface area contributed by atoms with Crippen LogP contribution in [0.1, 0.15) is 30.4 Å². The zero-order chi connectivity index (χ0) is 17.6. The van der Waals surface area contributed by atoms with E-state index in [0.717, 1.165) is 37.9 Å². The topological polar surface area (TPSA) is 58.4 Å². The van der Waals surface area contributed by atoms with Crippen LogP contribution < -0.4 is 11.1 Å². The molecular formula is C17H20F3N3O. The fourth-order valence-corrected chi connectivity index (χ4v) is 2.70. The van der Waals surface area contributed by atoms with Crippen LogP contribution in [0.5, 0.6) is 0 Å². The molecule has 1 atom stereocenters. The number of amides is 2. The van der Waals surface area contributed by atoms with Crippen molar-refractivity contribution >= 4 is 6.03 Å². The van der Waals surface area contributed by atoms with Crippen molar-refractivity contribution in [3.05, 3.63) is 35.4 Å². The van der Waals surface area contributed by atoms with E-state index in [9.17, 15) is 18.0 Å². The summed E-state index contributed by atoms with van der Waals surface area (Å²) < 4.78 is 37.5. The largest absolute Gasteiger partial charge is 0.416 e. The van der Waals surface area contributed by atoms with Gasteiger partial charge in [-0.05, 0) is 43.7 Å². The van der Waals surface area contributed by atoms with Gasteiger partial charge >= 0.3 is 12.2 Å². The maximum Gasteiger partial charge on any atom is 0.416 e. The van der Waals surface area contributed by atoms with E-state index in [0.29, 0.717) is 18.7 Å². The summed E-state index contributed by atoms with van der Waals surface area (Å²) in [5.74, 6) is 5.88. The Morgan fingerprint density at radius 3 is 2.62 bits per heavy atom. The number of carbonyl (C=O) groups excluding carboxylic acids is 1. The SMILES string of the molecule is NC(=O)NC[C@@H]1CCCCN1CC#Cc1ccc(C(F)(F)F)cc1. The number of hydrogen-bond acceptors (Lipinski definition) is 2. The van der Waals surface area contributed by atoms with Crippen LogP contribution in [0.2, 0.25) is 0 Å². The van der Waals surface area contributed by atoms with Gasteiger partial charge in [0.2, 0.25) is 0 Å². The van der Waals surface area contributed by atoms with Crippen molar-refractivity contribution < 1.29 is 18.0 Å². The molecule has 7 heteroatoms. The highest BCUT2D eigenvalue weighted by Crippen LogP contribution is 2.28. The average molecular weight is 339 g/mol. The molecule has 1 aromatic carbocycles. The Labute approximate surface area is 139 Å². The lowest BCUT2D eigenvalue weighted by Crippen LogP contribution is -2.47. The number of benzene rings is 1. The highest BCUT2D eigenvalue weighted by molar-refractivity contribution is 5.71. The number of piperidine rings is 1. The van der Waals surface area contributed by atoms with Gasteiger partial charge in [0, 0.05) is 18.2 Å². The third kappa shape index (κ3) is 5.46. The summed E-state index contributed by atoms with van der Waals surface area (Å²) in [6, 6.07) is 4.45.